The van der Waals surface area contributed by atoms with Gasteiger partial charge in [-0.15, -0.1) is 0 Å². The van der Waals surface area contributed by atoms with E-state index in [-0.39, 0.29) is 24.3 Å². The van der Waals surface area contributed by atoms with E-state index in [2.05, 4.69) is 5.32 Å². The van der Waals surface area contributed by atoms with Crippen LogP contribution in [0, 0.1) is 6.92 Å². The van der Waals surface area contributed by atoms with Crippen LogP contribution in [0.4, 0.5) is 17.1 Å². The second-order valence-corrected chi connectivity index (χ2v) is 9.79. The molecule has 0 atom stereocenters. The summed E-state index contributed by atoms with van der Waals surface area (Å²) >= 11 is 0. The Bertz CT molecular complexity index is 1350. The van der Waals surface area contributed by atoms with Crippen molar-refractivity contribution < 1.29 is 19.1 Å². The molecule has 0 saturated heterocycles. The van der Waals surface area contributed by atoms with Crippen molar-refractivity contribution in [2.75, 3.05) is 28.2 Å². The van der Waals surface area contributed by atoms with E-state index in [0.717, 1.165) is 29.7 Å². The number of aryl methyl sites for hydroxylation is 2. The summed E-state index contributed by atoms with van der Waals surface area (Å²) in [5.41, 5.74) is 3.49. The number of para-hydroxylation sites is 1. The van der Waals surface area contributed by atoms with Crippen LogP contribution in [0.3, 0.4) is 0 Å². The Morgan fingerprint density at radius 1 is 1.00 bits per heavy atom. The molecule has 36 heavy (non-hydrogen) atoms. The summed E-state index contributed by atoms with van der Waals surface area (Å²) in [4.78, 5) is 43.0. The number of fused-ring (bicyclic) bond motifs is 2. The van der Waals surface area contributed by atoms with Crippen molar-refractivity contribution >= 4 is 34.8 Å². The van der Waals surface area contributed by atoms with Crippen LogP contribution in [-0.2, 0) is 16.0 Å². The number of anilines is 3. The van der Waals surface area contributed by atoms with Gasteiger partial charge in [-0.1, -0.05) is 35.9 Å². The van der Waals surface area contributed by atoms with Crippen LogP contribution in [0.25, 0.3) is 0 Å². The number of rotatable bonds is 4. The maximum Gasteiger partial charge on any atom is 0.271 e. The van der Waals surface area contributed by atoms with E-state index < -0.39 is 5.60 Å². The summed E-state index contributed by atoms with van der Waals surface area (Å²) in [5, 5.41) is 2.85. The number of nitrogens with one attached hydrogen (secondary N) is 1. The third-order valence-corrected chi connectivity index (χ3v) is 6.61. The van der Waals surface area contributed by atoms with Crippen LogP contribution in [0.15, 0.2) is 66.7 Å². The van der Waals surface area contributed by atoms with Gasteiger partial charge in [-0.3, -0.25) is 19.3 Å². The molecule has 3 aromatic carbocycles. The summed E-state index contributed by atoms with van der Waals surface area (Å²) < 4.78 is 5.96. The lowest BCUT2D eigenvalue weighted by atomic mass is 9.99. The van der Waals surface area contributed by atoms with Gasteiger partial charge in [0, 0.05) is 23.5 Å². The van der Waals surface area contributed by atoms with E-state index in [0.29, 0.717) is 29.2 Å². The number of carbonyl (C=O) groups is 3. The van der Waals surface area contributed by atoms with E-state index in [1.54, 1.807) is 36.9 Å². The highest BCUT2D eigenvalue weighted by atomic mass is 16.5. The van der Waals surface area contributed by atoms with Crippen molar-refractivity contribution in [1.82, 2.24) is 0 Å². The third kappa shape index (κ3) is 4.44. The molecule has 7 nitrogen and oxygen atoms in total. The average molecular weight is 484 g/mol. The number of hydrogen-bond donors (Lipinski definition) is 1. The molecule has 1 N–H and O–H groups in total. The van der Waals surface area contributed by atoms with Gasteiger partial charge in [0.2, 0.25) is 5.91 Å². The quantitative estimate of drug-likeness (QED) is 0.582. The Kier molecular flexibility index (Phi) is 6.00. The monoisotopic (exact) mass is 483 g/mol. The molecule has 3 aromatic rings. The molecule has 7 heteroatoms. The molecule has 2 aliphatic heterocycles. The molecule has 2 heterocycles. The van der Waals surface area contributed by atoms with Crippen LogP contribution < -0.4 is 19.9 Å². The van der Waals surface area contributed by atoms with Crippen molar-refractivity contribution in [2.24, 2.45) is 0 Å². The lowest BCUT2D eigenvalue weighted by Crippen LogP contribution is -2.54. The second-order valence-electron chi connectivity index (χ2n) is 9.79. The first-order valence-electron chi connectivity index (χ1n) is 12.1. The van der Waals surface area contributed by atoms with E-state index >= 15 is 0 Å². The zero-order chi connectivity index (χ0) is 25.4. The molecule has 0 fully saturated rings. The van der Waals surface area contributed by atoms with Gasteiger partial charge in [-0.25, -0.2) is 0 Å². The predicted octanol–water partition coefficient (Wildman–Crippen LogP) is 4.73. The number of amides is 3. The standard InChI is InChI=1S/C29H29N3O4/c1-19-10-13-22(14-11-19)30-26(33)18-32-24-17-21(12-15-25(24)36-29(2,3)28(32)35)27(34)31-16-6-8-20-7-4-5-9-23(20)31/h4-5,7,9-15,17H,6,8,16,18H2,1-3H3,(H,30,33). The molecule has 5 rings (SSSR count). The largest absolute Gasteiger partial charge is 0.476 e. The van der Waals surface area contributed by atoms with Crippen molar-refractivity contribution in [1.29, 1.82) is 0 Å². The normalized spacial score (nSPS) is 16.0. The van der Waals surface area contributed by atoms with Gasteiger partial charge in [0.25, 0.3) is 11.8 Å². The van der Waals surface area contributed by atoms with E-state index in [1.165, 1.54) is 4.90 Å². The minimum Gasteiger partial charge on any atom is -0.476 e. The number of nitrogens with zero attached hydrogens (tertiary/aromatic N) is 2. The van der Waals surface area contributed by atoms with Gasteiger partial charge in [0.05, 0.1) is 5.69 Å². The molecule has 0 bridgehead atoms. The Morgan fingerprint density at radius 2 is 1.75 bits per heavy atom. The number of carbonyl (C=O) groups excluding carboxylic acids is 3. The average Bonchev–Trinajstić information content (AvgIpc) is 2.87. The van der Waals surface area contributed by atoms with Crippen molar-refractivity contribution in [3.05, 3.63) is 83.4 Å². The van der Waals surface area contributed by atoms with Crippen LogP contribution >= 0.6 is 0 Å². The topological polar surface area (TPSA) is 79.0 Å². The maximum absolute atomic E-state index is 13.6. The van der Waals surface area contributed by atoms with Crippen molar-refractivity contribution in [2.45, 2.75) is 39.2 Å². The van der Waals surface area contributed by atoms with Gasteiger partial charge >= 0.3 is 0 Å². The highest BCUT2D eigenvalue weighted by Crippen LogP contribution is 2.39. The fourth-order valence-electron chi connectivity index (χ4n) is 4.74. The molecule has 2 aliphatic rings. The molecule has 0 spiro atoms. The summed E-state index contributed by atoms with van der Waals surface area (Å²) in [7, 11) is 0. The zero-order valence-electron chi connectivity index (χ0n) is 20.7. The fourth-order valence-corrected chi connectivity index (χ4v) is 4.74. The fraction of sp³-hybridized carbons (Fsp3) is 0.276. The molecule has 0 radical (unpaired) electrons. The Balaban J connectivity index is 1.44. The number of ether oxygens (including phenoxy) is 1. The molecular formula is C29H29N3O4. The summed E-state index contributed by atoms with van der Waals surface area (Å²) in [6.07, 6.45) is 1.82. The van der Waals surface area contributed by atoms with Crippen LogP contribution in [-0.4, -0.2) is 36.4 Å². The number of benzene rings is 3. The van der Waals surface area contributed by atoms with Crippen molar-refractivity contribution in [3.63, 3.8) is 0 Å². The first kappa shape index (κ1) is 23.6. The molecule has 3 amide bonds. The molecule has 0 unspecified atom stereocenters. The van der Waals surface area contributed by atoms with Gasteiger partial charge in [-0.05, 0) is 75.6 Å². The lowest BCUT2D eigenvalue weighted by Gasteiger charge is -2.38. The summed E-state index contributed by atoms with van der Waals surface area (Å²) in [5.74, 6) is -0.371. The minimum absolute atomic E-state index is 0.147. The zero-order valence-corrected chi connectivity index (χ0v) is 20.7. The van der Waals surface area contributed by atoms with Gasteiger partial charge in [0.1, 0.15) is 12.3 Å². The van der Waals surface area contributed by atoms with Gasteiger partial charge in [-0.2, -0.15) is 0 Å². The molecule has 0 saturated carbocycles. The lowest BCUT2D eigenvalue weighted by molar-refractivity contribution is -0.133. The van der Waals surface area contributed by atoms with Crippen LogP contribution in [0.1, 0.15) is 41.8 Å². The number of hydrogen-bond acceptors (Lipinski definition) is 4. The molecular weight excluding hydrogens is 454 g/mol. The second kappa shape index (κ2) is 9.15. The first-order valence-corrected chi connectivity index (χ1v) is 12.1. The van der Waals surface area contributed by atoms with E-state index in [4.69, 9.17) is 4.74 Å². The van der Waals surface area contributed by atoms with E-state index in [9.17, 15) is 14.4 Å². The Morgan fingerprint density at radius 3 is 2.53 bits per heavy atom. The highest BCUT2D eigenvalue weighted by molar-refractivity contribution is 6.11. The third-order valence-electron chi connectivity index (χ3n) is 6.61. The highest BCUT2D eigenvalue weighted by Gasteiger charge is 2.42. The predicted molar refractivity (Wildman–Crippen MR) is 140 cm³/mol. The van der Waals surface area contributed by atoms with Crippen LogP contribution in [0.2, 0.25) is 0 Å². The van der Waals surface area contributed by atoms with Crippen molar-refractivity contribution in [3.8, 4) is 5.75 Å². The molecule has 0 aromatic heterocycles. The minimum atomic E-state index is -1.14. The first-order chi connectivity index (χ1) is 17.2. The SMILES string of the molecule is Cc1ccc(NC(=O)CN2C(=O)C(C)(C)Oc3ccc(C(=O)N4CCCc5ccccc54)cc32)cc1. The Labute approximate surface area is 210 Å². The Hall–Kier alpha value is -4.13. The van der Waals surface area contributed by atoms with Gasteiger partial charge < -0.3 is 15.0 Å². The van der Waals surface area contributed by atoms with Gasteiger partial charge in [0.15, 0.2) is 5.60 Å². The summed E-state index contributed by atoms with van der Waals surface area (Å²) in [6, 6.07) is 20.4. The summed E-state index contributed by atoms with van der Waals surface area (Å²) in [6.45, 7) is 5.74. The molecule has 0 aliphatic carbocycles. The smallest absolute Gasteiger partial charge is 0.271 e. The maximum atomic E-state index is 13.6. The van der Waals surface area contributed by atoms with Crippen LogP contribution in [0.5, 0.6) is 5.75 Å². The van der Waals surface area contributed by atoms with E-state index in [1.807, 2.05) is 55.5 Å². The molecule has 184 valence electrons.